The summed E-state index contributed by atoms with van der Waals surface area (Å²) >= 11 is 0. The molecule has 0 radical (unpaired) electrons. The van der Waals surface area contributed by atoms with E-state index in [1.165, 1.54) is 0 Å². The van der Waals surface area contributed by atoms with Gasteiger partial charge in [-0.1, -0.05) is 28.4 Å². The second kappa shape index (κ2) is 3.14. The Balaban J connectivity index is 2.15. The molecule has 0 aliphatic rings. The van der Waals surface area contributed by atoms with Crippen molar-refractivity contribution in [2.45, 2.75) is 0 Å². The first-order chi connectivity index (χ1) is 6.34. The molecule has 0 aliphatic carbocycles. The number of nitrogens with two attached hydrogens (primary N) is 1. The lowest BCUT2D eigenvalue weighted by atomic mass is 10.3. The zero-order chi connectivity index (χ0) is 9.10. The summed E-state index contributed by atoms with van der Waals surface area (Å²) in [5.41, 5.74) is 6.13. The van der Waals surface area contributed by atoms with Gasteiger partial charge in [-0.15, -0.1) is 0 Å². The van der Waals surface area contributed by atoms with Gasteiger partial charge in [-0.3, -0.25) is 0 Å². The first kappa shape index (κ1) is 7.60. The maximum atomic E-state index is 5.25. The molecule has 66 valence electrons. The van der Waals surface area contributed by atoms with Crippen LogP contribution in [0.2, 0.25) is 0 Å². The van der Waals surface area contributed by atoms with E-state index in [1.807, 2.05) is 30.3 Å². The Morgan fingerprint density at radius 1 is 1.15 bits per heavy atom. The lowest BCUT2D eigenvalue weighted by Crippen LogP contribution is -1.88. The Hall–Kier alpha value is -2.04. The number of hydrogen-bond acceptors (Lipinski definition) is 5. The van der Waals surface area contributed by atoms with Crippen molar-refractivity contribution in [1.82, 2.24) is 10.2 Å². The fourth-order valence-electron chi connectivity index (χ4n) is 0.930. The number of nitrogens with zero attached hydrogens (tertiary/aromatic N) is 2. The topological polar surface area (TPSA) is 77.0 Å². The van der Waals surface area contributed by atoms with Gasteiger partial charge >= 0.3 is 12.0 Å². The van der Waals surface area contributed by atoms with E-state index in [0.717, 1.165) is 5.69 Å². The molecule has 0 unspecified atom stereocenters. The van der Waals surface area contributed by atoms with Gasteiger partial charge < -0.3 is 15.5 Å². The Morgan fingerprint density at radius 2 is 1.92 bits per heavy atom. The molecule has 1 aromatic heterocycles. The fourth-order valence-corrected chi connectivity index (χ4v) is 0.930. The highest BCUT2D eigenvalue weighted by atomic mass is 16.4. The molecular formula is C8H8N4O. The highest BCUT2D eigenvalue weighted by molar-refractivity contribution is 5.51. The van der Waals surface area contributed by atoms with E-state index < -0.39 is 0 Å². The fraction of sp³-hybridized carbons (Fsp3) is 0. The molecule has 13 heavy (non-hydrogen) atoms. The van der Waals surface area contributed by atoms with Crippen molar-refractivity contribution in [2.75, 3.05) is 11.1 Å². The Morgan fingerprint density at radius 3 is 2.54 bits per heavy atom. The van der Waals surface area contributed by atoms with Crippen molar-refractivity contribution in [1.29, 1.82) is 0 Å². The van der Waals surface area contributed by atoms with Gasteiger partial charge in [0.15, 0.2) is 0 Å². The number of hydrogen-bond donors (Lipinski definition) is 2. The Kier molecular flexibility index (Phi) is 1.84. The zero-order valence-electron chi connectivity index (χ0n) is 6.77. The molecular weight excluding hydrogens is 168 g/mol. The van der Waals surface area contributed by atoms with Crippen molar-refractivity contribution in [2.24, 2.45) is 0 Å². The van der Waals surface area contributed by atoms with Gasteiger partial charge in [0.2, 0.25) is 0 Å². The molecule has 1 aromatic carbocycles. The third-order valence-electron chi connectivity index (χ3n) is 1.47. The SMILES string of the molecule is Nc1nnc(Nc2ccccc2)o1. The summed E-state index contributed by atoms with van der Waals surface area (Å²) in [6, 6.07) is 9.86. The molecule has 0 amide bonds. The predicted octanol–water partition coefficient (Wildman–Crippen LogP) is 1.40. The molecule has 0 saturated heterocycles. The molecule has 0 saturated carbocycles. The highest BCUT2D eigenvalue weighted by Crippen LogP contribution is 2.14. The van der Waals surface area contributed by atoms with E-state index >= 15 is 0 Å². The number of rotatable bonds is 2. The third-order valence-corrected chi connectivity index (χ3v) is 1.47. The molecule has 2 rings (SSSR count). The van der Waals surface area contributed by atoms with Gasteiger partial charge in [-0.05, 0) is 12.1 Å². The standard InChI is InChI=1S/C8H8N4O/c9-7-11-12-8(13-7)10-6-4-2-1-3-5-6/h1-5H,(H2,9,11)(H,10,12). The summed E-state index contributed by atoms with van der Waals surface area (Å²) in [5, 5.41) is 10.1. The molecule has 0 bridgehead atoms. The van der Waals surface area contributed by atoms with Crippen LogP contribution in [-0.2, 0) is 0 Å². The van der Waals surface area contributed by atoms with Crippen molar-refractivity contribution in [3.05, 3.63) is 30.3 Å². The molecule has 0 aliphatic heterocycles. The first-order valence-electron chi connectivity index (χ1n) is 3.75. The van der Waals surface area contributed by atoms with Crippen LogP contribution < -0.4 is 11.1 Å². The molecule has 3 N–H and O–H groups in total. The van der Waals surface area contributed by atoms with Gasteiger partial charge in [-0.2, -0.15) is 0 Å². The normalized spacial score (nSPS) is 9.85. The second-order valence-electron chi connectivity index (χ2n) is 2.44. The summed E-state index contributed by atoms with van der Waals surface area (Å²) in [7, 11) is 0. The van der Waals surface area contributed by atoms with Gasteiger partial charge in [0.1, 0.15) is 0 Å². The van der Waals surface area contributed by atoms with Crippen molar-refractivity contribution in [3.8, 4) is 0 Å². The number of anilines is 3. The minimum absolute atomic E-state index is 0.0541. The van der Waals surface area contributed by atoms with Crippen molar-refractivity contribution < 1.29 is 4.42 Å². The molecule has 0 spiro atoms. The minimum atomic E-state index is 0.0541. The van der Waals surface area contributed by atoms with Crippen LogP contribution in [0.3, 0.4) is 0 Å². The van der Waals surface area contributed by atoms with E-state index in [1.54, 1.807) is 0 Å². The van der Waals surface area contributed by atoms with Crippen LogP contribution in [0.4, 0.5) is 17.7 Å². The lowest BCUT2D eigenvalue weighted by Gasteiger charge is -1.98. The van der Waals surface area contributed by atoms with E-state index in [-0.39, 0.29) is 6.01 Å². The van der Waals surface area contributed by atoms with Crippen LogP contribution >= 0.6 is 0 Å². The van der Waals surface area contributed by atoms with E-state index in [4.69, 9.17) is 10.2 Å². The minimum Gasteiger partial charge on any atom is -0.389 e. The predicted molar refractivity (Wildman–Crippen MR) is 48.4 cm³/mol. The summed E-state index contributed by atoms with van der Waals surface area (Å²) in [6.45, 7) is 0. The molecule has 5 nitrogen and oxygen atoms in total. The third kappa shape index (κ3) is 1.76. The van der Waals surface area contributed by atoms with Gasteiger partial charge in [0.05, 0.1) is 0 Å². The van der Waals surface area contributed by atoms with Crippen LogP contribution in [0.1, 0.15) is 0 Å². The average Bonchev–Trinajstić information content (AvgIpc) is 2.53. The molecule has 5 heteroatoms. The number of benzene rings is 1. The van der Waals surface area contributed by atoms with Gasteiger partial charge in [0.25, 0.3) is 0 Å². The van der Waals surface area contributed by atoms with Crippen LogP contribution in [0, 0.1) is 0 Å². The second-order valence-corrected chi connectivity index (χ2v) is 2.44. The average molecular weight is 176 g/mol. The lowest BCUT2D eigenvalue weighted by molar-refractivity contribution is 0.593. The molecule has 1 heterocycles. The first-order valence-corrected chi connectivity index (χ1v) is 3.75. The smallest absolute Gasteiger partial charge is 0.321 e. The maximum Gasteiger partial charge on any atom is 0.321 e. The van der Waals surface area contributed by atoms with Crippen LogP contribution in [0.15, 0.2) is 34.7 Å². The van der Waals surface area contributed by atoms with E-state index in [2.05, 4.69) is 15.5 Å². The molecule has 0 fully saturated rings. The number of nitrogens with one attached hydrogen (secondary N) is 1. The Bertz CT molecular complexity index is 384. The van der Waals surface area contributed by atoms with Gasteiger partial charge in [-0.25, -0.2) is 0 Å². The molecule has 0 atom stereocenters. The molecule has 2 aromatic rings. The van der Waals surface area contributed by atoms with Crippen LogP contribution in [0.25, 0.3) is 0 Å². The Labute approximate surface area is 74.6 Å². The number of aromatic nitrogens is 2. The quantitative estimate of drug-likeness (QED) is 0.723. The largest absolute Gasteiger partial charge is 0.389 e. The summed E-state index contributed by atoms with van der Waals surface area (Å²) in [4.78, 5) is 0. The van der Waals surface area contributed by atoms with Crippen molar-refractivity contribution in [3.63, 3.8) is 0 Å². The van der Waals surface area contributed by atoms with Crippen LogP contribution in [-0.4, -0.2) is 10.2 Å². The van der Waals surface area contributed by atoms with Gasteiger partial charge in [0, 0.05) is 5.69 Å². The number of nitrogen functional groups attached to an aromatic ring is 1. The maximum absolute atomic E-state index is 5.25. The number of para-hydroxylation sites is 1. The monoisotopic (exact) mass is 176 g/mol. The summed E-state index contributed by atoms with van der Waals surface area (Å²) in [6.07, 6.45) is 0. The van der Waals surface area contributed by atoms with E-state index in [0.29, 0.717) is 6.01 Å². The summed E-state index contributed by atoms with van der Waals surface area (Å²) in [5.74, 6) is 0. The van der Waals surface area contributed by atoms with Crippen molar-refractivity contribution >= 4 is 17.7 Å². The van der Waals surface area contributed by atoms with Crippen LogP contribution in [0.5, 0.6) is 0 Å². The zero-order valence-corrected chi connectivity index (χ0v) is 6.77. The summed E-state index contributed by atoms with van der Waals surface area (Å²) < 4.78 is 4.93. The highest BCUT2D eigenvalue weighted by Gasteiger charge is 2.00. The van der Waals surface area contributed by atoms with E-state index in [9.17, 15) is 0 Å².